The van der Waals surface area contributed by atoms with Crippen molar-refractivity contribution in [3.63, 3.8) is 0 Å². The van der Waals surface area contributed by atoms with Crippen LogP contribution >= 0.6 is 11.3 Å². The third-order valence-electron chi connectivity index (χ3n) is 4.93. The summed E-state index contributed by atoms with van der Waals surface area (Å²) in [6.07, 6.45) is -1.57. The van der Waals surface area contributed by atoms with E-state index in [-0.39, 0.29) is 22.8 Å². The van der Waals surface area contributed by atoms with Gasteiger partial charge in [0.15, 0.2) is 11.0 Å². The second-order valence-electron chi connectivity index (χ2n) is 7.38. The SMILES string of the molecule is C[C@@H](NC(=O)c1cc(Nc2nccs2)ncn1)c1cc(-c2nc3ccc(C(F)(F)F)cc3[nH]2)on1. The van der Waals surface area contributed by atoms with Gasteiger partial charge in [0.2, 0.25) is 5.76 Å². The third kappa shape index (κ3) is 4.82. The second kappa shape index (κ2) is 8.79. The van der Waals surface area contributed by atoms with Gasteiger partial charge < -0.3 is 20.1 Å². The van der Waals surface area contributed by atoms with Crippen molar-refractivity contribution < 1.29 is 22.5 Å². The molecule has 1 amide bonds. The Morgan fingerprint density at radius 2 is 2.03 bits per heavy atom. The Balaban J connectivity index is 1.29. The highest BCUT2D eigenvalue weighted by atomic mass is 32.1. The Morgan fingerprint density at radius 1 is 1.17 bits per heavy atom. The van der Waals surface area contributed by atoms with E-state index in [2.05, 4.69) is 40.7 Å². The first-order chi connectivity index (χ1) is 16.8. The lowest BCUT2D eigenvalue weighted by Crippen LogP contribution is -2.27. The molecule has 0 spiro atoms. The van der Waals surface area contributed by atoms with Gasteiger partial charge >= 0.3 is 6.18 Å². The van der Waals surface area contributed by atoms with Crippen LogP contribution in [0.2, 0.25) is 0 Å². The topological polar surface area (TPSA) is 135 Å². The highest BCUT2D eigenvalue weighted by Gasteiger charge is 2.31. The summed E-state index contributed by atoms with van der Waals surface area (Å²) >= 11 is 1.38. The van der Waals surface area contributed by atoms with Gasteiger partial charge in [0.05, 0.1) is 22.6 Å². The van der Waals surface area contributed by atoms with Crippen molar-refractivity contribution in [1.29, 1.82) is 0 Å². The van der Waals surface area contributed by atoms with Gasteiger partial charge in [-0.3, -0.25) is 4.79 Å². The summed E-state index contributed by atoms with van der Waals surface area (Å²) in [6, 6.07) is 5.68. The number of hydrogen-bond acceptors (Lipinski definition) is 9. The molecule has 1 atom stereocenters. The fourth-order valence-electron chi connectivity index (χ4n) is 3.20. The number of rotatable bonds is 6. The number of H-pyrrole nitrogens is 1. The fourth-order valence-corrected chi connectivity index (χ4v) is 3.73. The number of aromatic amines is 1. The maximum atomic E-state index is 13.0. The van der Waals surface area contributed by atoms with Crippen molar-refractivity contribution in [2.75, 3.05) is 5.32 Å². The summed E-state index contributed by atoms with van der Waals surface area (Å²) in [4.78, 5) is 31.9. The molecular formula is C21H15F3N8O2S. The lowest BCUT2D eigenvalue weighted by Gasteiger charge is -2.10. The Bertz CT molecular complexity index is 1500. The number of carbonyl (C=O) groups excluding carboxylic acids is 1. The van der Waals surface area contributed by atoms with Gasteiger partial charge in [0.1, 0.15) is 23.5 Å². The van der Waals surface area contributed by atoms with Gasteiger partial charge in [0, 0.05) is 23.7 Å². The summed E-state index contributed by atoms with van der Waals surface area (Å²) in [6.45, 7) is 1.70. The Labute approximate surface area is 198 Å². The number of amides is 1. The molecule has 0 saturated carbocycles. The summed E-state index contributed by atoms with van der Waals surface area (Å²) in [5, 5.41) is 12.1. The van der Waals surface area contributed by atoms with Crippen LogP contribution in [0.5, 0.6) is 0 Å². The van der Waals surface area contributed by atoms with E-state index >= 15 is 0 Å². The van der Waals surface area contributed by atoms with Gasteiger partial charge in [-0.1, -0.05) is 5.16 Å². The van der Waals surface area contributed by atoms with Crippen LogP contribution in [0.1, 0.15) is 34.7 Å². The number of benzene rings is 1. The Kier molecular flexibility index (Phi) is 5.64. The summed E-state index contributed by atoms with van der Waals surface area (Å²) in [7, 11) is 0. The predicted octanol–water partition coefficient (Wildman–Crippen LogP) is 4.72. The van der Waals surface area contributed by atoms with Crippen molar-refractivity contribution in [3.05, 3.63) is 65.2 Å². The lowest BCUT2D eigenvalue weighted by atomic mass is 10.2. The van der Waals surface area contributed by atoms with Crippen LogP contribution in [-0.2, 0) is 6.18 Å². The van der Waals surface area contributed by atoms with Gasteiger partial charge in [0.25, 0.3) is 5.91 Å². The first-order valence-corrected chi connectivity index (χ1v) is 11.0. The van der Waals surface area contributed by atoms with E-state index in [1.165, 1.54) is 29.8 Å². The van der Waals surface area contributed by atoms with Crippen LogP contribution in [0, 0.1) is 0 Å². The maximum Gasteiger partial charge on any atom is 0.416 e. The van der Waals surface area contributed by atoms with Crippen LogP contribution in [0.15, 0.2) is 52.8 Å². The van der Waals surface area contributed by atoms with E-state index in [1.807, 2.05) is 0 Å². The number of imidazole rings is 1. The number of nitrogens with one attached hydrogen (secondary N) is 3. The molecule has 5 aromatic rings. The first kappa shape index (κ1) is 22.5. The molecule has 4 aromatic heterocycles. The Morgan fingerprint density at radius 3 is 2.80 bits per heavy atom. The number of thiazole rings is 1. The smallest absolute Gasteiger partial charge is 0.353 e. The van der Waals surface area contributed by atoms with E-state index in [9.17, 15) is 18.0 Å². The molecule has 0 bridgehead atoms. The van der Waals surface area contributed by atoms with E-state index in [0.29, 0.717) is 22.2 Å². The number of aromatic nitrogens is 6. The van der Waals surface area contributed by atoms with Crippen molar-refractivity contribution >= 4 is 39.2 Å². The second-order valence-corrected chi connectivity index (χ2v) is 8.27. The third-order valence-corrected chi connectivity index (χ3v) is 5.62. The number of carbonyl (C=O) groups is 1. The molecule has 35 heavy (non-hydrogen) atoms. The average molecular weight is 500 g/mol. The molecule has 14 heteroatoms. The Hall–Kier alpha value is -4.33. The summed E-state index contributed by atoms with van der Waals surface area (Å²) in [5.74, 6) is 0.373. The number of anilines is 2. The highest BCUT2D eigenvalue weighted by Crippen LogP contribution is 2.32. The molecule has 178 valence electrons. The standard InChI is InChI=1S/C21H15F3N8O2S/c1-10(28-19(33)15-8-17(27-9-26-15)31-20-25-4-5-35-20)13-7-16(34-32-13)18-29-12-3-2-11(21(22,23)24)6-14(12)30-18/h2-10H,1H3,(H,28,33)(H,29,30)(H,25,26,27,31)/t10-/m1/s1. The van der Waals surface area contributed by atoms with E-state index < -0.39 is 23.7 Å². The minimum atomic E-state index is -4.46. The monoisotopic (exact) mass is 500 g/mol. The molecule has 0 unspecified atom stereocenters. The molecule has 10 nitrogen and oxygen atoms in total. The first-order valence-electron chi connectivity index (χ1n) is 10.1. The summed E-state index contributed by atoms with van der Waals surface area (Å²) in [5.41, 5.74) is 0.287. The number of alkyl halides is 3. The van der Waals surface area contributed by atoms with Crippen molar-refractivity contribution in [3.8, 4) is 11.6 Å². The number of halogens is 3. The van der Waals surface area contributed by atoms with Crippen molar-refractivity contribution in [2.24, 2.45) is 0 Å². The molecule has 3 N–H and O–H groups in total. The fraction of sp³-hybridized carbons (Fsp3) is 0.143. The average Bonchev–Trinajstić information content (AvgIpc) is 3.58. The normalized spacial score (nSPS) is 12.6. The van der Waals surface area contributed by atoms with E-state index in [4.69, 9.17) is 4.52 Å². The van der Waals surface area contributed by atoms with E-state index in [1.54, 1.807) is 24.6 Å². The predicted molar refractivity (Wildman–Crippen MR) is 120 cm³/mol. The maximum absolute atomic E-state index is 13.0. The minimum absolute atomic E-state index is 0.132. The lowest BCUT2D eigenvalue weighted by molar-refractivity contribution is -0.137. The van der Waals surface area contributed by atoms with Crippen LogP contribution in [-0.4, -0.2) is 36.0 Å². The number of nitrogens with zero attached hydrogens (tertiary/aromatic N) is 5. The van der Waals surface area contributed by atoms with Crippen LogP contribution in [0.4, 0.5) is 24.1 Å². The molecule has 0 saturated heterocycles. The van der Waals surface area contributed by atoms with Gasteiger partial charge in [-0.05, 0) is 25.1 Å². The zero-order valence-corrected chi connectivity index (χ0v) is 18.6. The molecule has 0 aliphatic heterocycles. The molecule has 0 fully saturated rings. The largest absolute Gasteiger partial charge is 0.416 e. The number of fused-ring (bicyclic) bond motifs is 1. The van der Waals surface area contributed by atoms with Gasteiger partial charge in [-0.2, -0.15) is 13.2 Å². The molecular weight excluding hydrogens is 485 g/mol. The van der Waals surface area contributed by atoms with Crippen LogP contribution in [0.3, 0.4) is 0 Å². The zero-order chi connectivity index (χ0) is 24.6. The van der Waals surface area contributed by atoms with Crippen LogP contribution in [0.25, 0.3) is 22.6 Å². The molecule has 0 radical (unpaired) electrons. The van der Waals surface area contributed by atoms with Gasteiger partial charge in [-0.15, -0.1) is 11.3 Å². The molecule has 4 heterocycles. The number of hydrogen-bond donors (Lipinski definition) is 3. The molecule has 1 aromatic carbocycles. The van der Waals surface area contributed by atoms with Crippen molar-refractivity contribution in [1.82, 2.24) is 35.4 Å². The molecule has 0 aliphatic carbocycles. The highest BCUT2D eigenvalue weighted by molar-refractivity contribution is 7.13. The zero-order valence-electron chi connectivity index (χ0n) is 17.8. The quantitative estimate of drug-likeness (QED) is 0.305. The minimum Gasteiger partial charge on any atom is -0.353 e. The van der Waals surface area contributed by atoms with Crippen LogP contribution < -0.4 is 10.6 Å². The van der Waals surface area contributed by atoms with Crippen molar-refractivity contribution in [2.45, 2.75) is 19.1 Å². The van der Waals surface area contributed by atoms with Gasteiger partial charge in [-0.25, -0.2) is 19.9 Å². The summed E-state index contributed by atoms with van der Waals surface area (Å²) < 4.78 is 44.2. The molecule has 0 aliphatic rings. The van der Waals surface area contributed by atoms with E-state index in [0.717, 1.165) is 12.1 Å². The molecule has 5 rings (SSSR count).